The summed E-state index contributed by atoms with van der Waals surface area (Å²) in [5.41, 5.74) is 1.67. The van der Waals surface area contributed by atoms with Gasteiger partial charge in [-0.2, -0.15) is 0 Å². The summed E-state index contributed by atoms with van der Waals surface area (Å²) in [5, 5.41) is 0. The molecule has 0 spiro atoms. The Balaban J connectivity index is 2.70. The Hall–Kier alpha value is -1.44. The lowest BCUT2D eigenvalue weighted by atomic mass is 10.1. The van der Waals surface area contributed by atoms with Crippen molar-refractivity contribution in [3.8, 4) is 0 Å². The molecular formula is C12H13FO. The number of hydrogen-bond acceptors (Lipinski definition) is 1. The lowest BCUT2D eigenvalue weighted by molar-refractivity contribution is 0.0995. The van der Waals surface area contributed by atoms with E-state index < -0.39 is 0 Å². The van der Waals surface area contributed by atoms with Crippen molar-refractivity contribution in [2.45, 2.75) is 20.3 Å². The first kappa shape index (κ1) is 10.6. The van der Waals surface area contributed by atoms with Crippen molar-refractivity contribution >= 4 is 5.78 Å². The molecular weight excluding hydrogens is 179 g/mol. The zero-order valence-electron chi connectivity index (χ0n) is 8.38. The summed E-state index contributed by atoms with van der Waals surface area (Å²) in [4.78, 5) is 11.5. The third kappa shape index (κ3) is 3.13. The Bertz CT molecular complexity index is 345. The number of Topliss-reactive ketones (excluding diaryl/α,β-unsaturated/α-hetero) is 1. The highest BCUT2D eigenvalue weighted by Crippen LogP contribution is 2.07. The highest BCUT2D eigenvalue weighted by atomic mass is 19.1. The standard InChI is InChI=1S/C12H13FO/c1-9(2)3-8-12(14)10-4-6-11(13)7-5-10/h3-7H,8H2,1-2H3. The fraction of sp³-hybridized carbons (Fsp3) is 0.250. The van der Waals surface area contributed by atoms with Gasteiger partial charge in [-0.25, -0.2) is 4.39 Å². The zero-order valence-corrected chi connectivity index (χ0v) is 8.38. The van der Waals surface area contributed by atoms with Crippen LogP contribution in [0.25, 0.3) is 0 Å². The van der Waals surface area contributed by atoms with Crippen LogP contribution in [0.4, 0.5) is 4.39 Å². The fourth-order valence-corrected chi connectivity index (χ4v) is 1.05. The number of allylic oxidation sites excluding steroid dienone is 2. The first-order valence-electron chi connectivity index (χ1n) is 4.51. The first-order valence-corrected chi connectivity index (χ1v) is 4.51. The molecule has 1 aromatic carbocycles. The second-order valence-electron chi connectivity index (χ2n) is 3.42. The summed E-state index contributed by atoms with van der Waals surface area (Å²) in [7, 11) is 0. The van der Waals surface area contributed by atoms with Crippen molar-refractivity contribution in [2.75, 3.05) is 0 Å². The third-order valence-electron chi connectivity index (χ3n) is 1.86. The van der Waals surface area contributed by atoms with Crippen molar-refractivity contribution in [1.82, 2.24) is 0 Å². The molecule has 0 amide bonds. The number of halogens is 1. The Morgan fingerprint density at radius 2 is 1.86 bits per heavy atom. The molecule has 0 radical (unpaired) electrons. The molecule has 1 nitrogen and oxygen atoms in total. The van der Waals surface area contributed by atoms with Crippen LogP contribution in [-0.2, 0) is 0 Å². The summed E-state index contributed by atoms with van der Waals surface area (Å²) in [5.74, 6) is -0.296. The van der Waals surface area contributed by atoms with E-state index in [2.05, 4.69) is 0 Å². The van der Waals surface area contributed by atoms with Gasteiger partial charge in [0.2, 0.25) is 0 Å². The van der Waals surface area contributed by atoms with Gasteiger partial charge >= 0.3 is 0 Å². The normalized spacial score (nSPS) is 9.64. The minimum Gasteiger partial charge on any atom is -0.294 e. The molecule has 0 unspecified atom stereocenters. The van der Waals surface area contributed by atoms with E-state index in [1.807, 2.05) is 19.9 Å². The number of benzene rings is 1. The second kappa shape index (κ2) is 4.70. The maximum absolute atomic E-state index is 12.5. The van der Waals surface area contributed by atoms with Gasteiger partial charge in [0.15, 0.2) is 5.78 Å². The van der Waals surface area contributed by atoms with Crippen molar-refractivity contribution in [2.24, 2.45) is 0 Å². The van der Waals surface area contributed by atoms with Crippen molar-refractivity contribution in [1.29, 1.82) is 0 Å². The summed E-state index contributed by atoms with van der Waals surface area (Å²) in [6, 6.07) is 5.62. The van der Waals surface area contributed by atoms with E-state index in [0.717, 1.165) is 5.57 Å². The van der Waals surface area contributed by atoms with Gasteiger partial charge in [-0.3, -0.25) is 4.79 Å². The van der Waals surface area contributed by atoms with Gasteiger partial charge in [-0.15, -0.1) is 0 Å². The van der Waals surface area contributed by atoms with Gasteiger partial charge in [0.1, 0.15) is 5.82 Å². The molecule has 0 aromatic heterocycles. The summed E-state index contributed by atoms with van der Waals surface area (Å²) < 4.78 is 12.5. The van der Waals surface area contributed by atoms with Gasteiger partial charge in [-0.1, -0.05) is 11.6 Å². The molecule has 0 aliphatic rings. The number of ketones is 1. The van der Waals surface area contributed by atoms with Gasteiger partial charge in [0.25, 0.3) is 0 Å². The summed E-state index contributed by atoms with van der Waals surface area (Å²) in [6.07, 6.45) is 2.25. The van der Waals surface area contributed by atoms with Crippen molar-refractivity contribution in [3.63, 3.8) is 0 Å². The highest BCUT2D eigenvalue weighted by molar-refractivity contribution is 5.96. The Labute approximate surface area is 83.3 Å². The van der Waals surface area contributed by atoms with Crippen LogP contribution in [0.5, 0.6) is 0 Å². The number of carbonyl (C=O) groups is 1. The van der Waals surface area contributed by atoms with Crippen LogP contribution < -0.4 is 0 Å². The minimum atomic E-state index is -0.316. The number of rotatable bonds is 3. The molecule has 0 bridgehead atoms. The van der Waals surface area contributed by atoms with E-state index in [1.165, 1.54) is 24.3 Å². The van der Waals surface area contributed by atoms with Gasteiger partial charge in [0.05, 0.1) is 0 Å². The van der Waals surface area contributed by atoms with Crippen LogP contribution >= 0.6 is 0 Å². The quantitative estimate of drug-likeness (QED) is 0.530. The topological polar surface area (TPSA) is 17.1 Å². The number of carbonyl (C=O) groups excluding carboxylic acids is 1. The molecule has 0 fully saturated rings. The minimum absolute atomic E-state index is 0.0196. The average Bonchev–Trinajstić information content (AvgIpc) is 2.15. The van der Waals surface area contributed by atoms with Crippen molar-refractivity contribution < 1.29 is 9.18 Å². The Morgan fingerprint density at radius 3 is 2.36 bits per heavy atom. The molecule has 0 aliphatic carbocycles. The molecule has 0 aliphatic heterocycles. The average molecular weight is 192 g/mol. The van der Waals surface area contributed by atoms with E-state index >= 15 is 0 Å². The van der Waals surface area contributed by atoms with Crippen molar-refractivity contribution in [3.05, 3.63) is 47.3 Å². The SMILES string of the molecule is CC(C)=CCC(=O)c1ccc(F)cc1. The van der Waals surface area contributed by atoms with Gasteiger partial charge in [-0.05, 0) is 38.1 Å². The lowest BCUT2D eigenvalue weighted by Gasteiger charge is -1.97. The summed E-state index contributed by atoms with van der Waals surface area (Å²) in [6.45, 7) is 3.88. The molecule has 0 saturated carbocycles. The van der Waals surface area contributed by atoms with E-state index in [4.69, 9.17) is 0 Å². The van der Waals surface area contributed by atoms with E-state index in [9.17, 15) is 9.18 Å². The van der Waals surface area contributed by atoms with Gasteiger partial charge < -0.3 is 0 Å². The third-order valence-corrected chi connectivity index (χ3v) is 1.86. The smallest absolute Gasteiger partial charge is 0.166 e. The van der Waals surface area contributed by atoms with Crippen LogP contribution in [0, 0.1) is 5.82 Å². The molecule has 1 rings (SSSR count). The molecule has 74 valence electrons. The summed E-state index contributed by atoms with van der Waals surface area (Å²) >= 11 is 0. The predicted octanol–water partition coefficient (Wildman–Crippen LogP) is 3.36. The molecule has 0 atom stereocenters. The molecule has 0 heterocycles. The van der Waals surface area contributed by atoms with E-state index in [-0.39, 0.29) is 11.6 Å². The monoisotopic (exact) mass is 192 g/mol. The predicted molar refractivity (Wildman–Crippen MR) is 54.8 cm³/mol. The Morgan fingerprint density at radius 1 is 1.29 bits per heavy atom. The molecule has 0 N–H and O–H groups in total. The van der Waals surface area contributed by atoms with Crippen LogP contribution in [-0.4, -0.2) is 5.78 Å². The van der Waals surface area contributed by atoms with Crippen LogP contribution in [0.1, 0.15) is 30.6 Å². The Kier molecular flexibility index (Phi) is 3.57. The van der Waals surface area contributed by atoms with Gasteiger partial charge in [0, 0.05) is 12.0 Å². The molecule has 0 saturated heterocycles. The first-order chi connectivity index (χ1) is 6.59. The molecule has 2 heteroatoms. The van der Waals surface area contributed by atoms with Crippen LogP contribution in [0.3, 0.4) is 0 Å². The van der Waals surface area contributed by atoms with Crippen LogP contribution in [0.15, 0.2) is 35.9 Å². The van der Waals surface area contributed by atoms with E-state index in [0.29, 0.717) is 12.0 Å². The maximum atomic E-state index is 12.5. The maximum Gasteiger partial charge on any atom is 0.166 e. The van der Waals surface area contributed by atoms with E-state index in [1.54, 1.807) is 0 Å². The largest absolute Gasteiger partial charge is 0.294 e. The lowest BCUT2D eigenvalue weighted by Crippen LogP contribution is -1.96. The second-order valence-corrected chi connectivity index (χ2v) is 3.42. The fourth-order valence-electron chi connectivity index (χ4n) is 1.05. The van der Waals surface area contributed by atoms with Crippen LogP contribution in [0.2, 0.25) is 0 Å². The molecule has 1 aromatic rings. The highest BCUT2D eigenvalue weighted by Gasteiger charge is 2.03. The zero-order chi connectivity index (χ0) is 10.6. The molecule has 14 heavy (non-hydrogen) atoms. The number of hydrogen-bond donors (Lipinski definition) is 0.